The molecular formula is C14H8N4O. The minimum Gasteiger partial charge on any atom is -0.322 e. The summed E-state index contributed by atoms with van der Waals surface area (Å²) >= 11 is 0. The summed E-state index contributed by atoms with van der Waals surface area (Å²) < 4.78 is 0. The summed E-state index contributed by atoms with van der Waals surface area (Å²) in [5, 5.41) is 20.1. The SMILES string of the molecule is N#Cc1ccc(NC(=O)c2cncc(C#N)c2)cc1. The monoisotopic (exact) mass is 248 g/mol. The molecule has 1 N–H and O–H groups in total. The Morgan fingerprint density at radius 3 is 2.37 bits per heavy atom. The molecule has 0 aliphatic rings. The van der Waals surface area contributed by atoms with Gasteiger partial charge in [0.05, 0.1) is 22.8 Å². The van der Waals surface area contributed by atoms with Crippen molar-refractivity contribution >= 4 is 11.6 Å². The molecule has 2 aromatic rings. The van der Waals surface area contributed by atoms with Gasteiger partial charge in [-0.1, -0.05) is 0 Å². The third-order valence-corrected chi connectivity index (χ3v) is 2.40. The molecule has 90 valence electrons. The maximum absolute atomic E-state index is 11.9. The van der Waals surface area contributed by atoms with Crippen LogP contribution in [0.4, 0.5) is 5.69 Å². The van der Waals surface area contributed by atoms with E-state index < -0.39 is 0 Å². The maximum Gasteiger partial charge on any atom is 0.257 e. The number of aromatic nitrogens is 1. The zero-order chi connectivity index (χ0) is 13.7. The van der Waals surface area contributed by atoms with Crippen LogP contribution in [-0.4, -0.2) is 10.9 Å². The number of carbonyl (C=O) groups is 1. The number of benzene rings is 1. The Morgan fingerprint density at radius 1 is 1.05 bits per heavy atom. The first kappa shape index (κ1) is 12.3. The second-order valence-corrected chi connectivity index (χ2v) is 3.72. The minimum atomic E-state index is -0.352. The summed E-state index contributed by atoms with van der Waals surface area (Å²) in [6, 6.07) is 11.9. The number of nitrogens with one attached hydrogen (secondary N) is 1. The number of hydrogen-bond donors (Lipinski definition) is 1. The van der Waals surface area contributed by atoms with Gasteiger partial charge in [0.25, 0.3) is 5.91 Å². The van der Waals surface area contributed by atoms with Crippen molar-refractivity contribution < 1.29 is 4.79 Å². The van der Waals surface area contributed by atoms with Gasteiger partial charge in [-0.3, -0.25) is 9.78 Å². The number of amides is 1. The first-order valence-electron chi connectivity index (χ1n) is 5.39. The van der Waals surface area contributed by atoms with Crippen LogP contribution in [0.1, 0.15) is 21.5 Å². The van der Waals surface area contributed by atoms with Crippen molar-refractivity contribution in [3.8, 4) is 12.1 Å². The number of anilines is 1. The van der Waals surface area contributed by atoms with E-state index in [-0.39, 0.29) is 5.91 Å². The van der Waals surface area contributed by atoms with E-state index in [1.54, 1.807) is 24.3 Å². The number of nitrogens with zero attached hydrogens (tertiary/aromatic N) is 3. The standard InChI is InChI=1S/C14H8N4O/c15-6-10-1-3-13(4-2-10)18-14(19)12-5-11(7-16)8-17-9-12/h1-5,8-9H,(H,18,19). The minimum absolute atomic E-state index is 0.309. The fourth-order valence-corrected chi connectivity index (χ4v) is 1.46. The van der Waals surface area contributed by atoms with Gasteiger partial charge < -0.3 is 5.32 Å². The van der Waals surface area contributed by atoms with E-state index in [0.29, 0.717) is 22.4 Å². The van der Waals surface area contributed by atoms with Crippen molar-refractivity contribution in [3.63, 3.8) is 0 Å². The fourth-order valence-electron chi connectivity index (χ4n) is 1.46. The molecule has 0 radical (unpaired) electrons. The first-order valence-corrected chi connectivity index (χ1v) is 5.39. The van der Waals surface area contributed by atoms with Crippen LogP contribution in [0, 0.1) is 22.7 Å². The smallest absolute Gasteiger partial charge is 0.257 e. The first-order chi connectivity index (χ1) is 9.22. The Balaban J connectivity index is 2.16. The number of hydrogen-bond acceptors (Lipinski definition) is 4. The summed E-state index contributed by atoms with van der Waals surface area (Å²) in [5.41, 5.74) is 1.73. The molecule has 1 aromatic heterocycles. The van der Waals surface area contributed by atoms with Gasteiger partial charge in [-0.2, -0.15) is 10.5 Å². The lowest BCUT2D eigenvalue weighted by atomic mass is 10.2. The molecule has 0 fully saturated rings. The Morgan fingerprint density at radius 2 is 1.74 bits per heavy atom. The van der Waals surface area contributed by atoms with Crippen LogP contribution >= 0.6 is 0 Å². The van der Waals surface area contributed by atoms with Gasteiger partial charge in [0.15, 0.2) is 0 Å². The van der Waals surface area contributed by atoms with Crippen molar-refractivity contribution in [2.24, 2.45) is 0 Å². The maximum atomic E-state index is 11.9. The quantitative estimate of drug-likeness (QED) is 0.880. The van der Waals surface area contributed by atoms with E-state index >= 15 is 0 Å². The van der Waals surface area contributed by atoms with Gasteiger partial charge >= 0.3 is 0 Å². The largest absolute Gasteiger partial charge is 0.322 e. The van der Waals surface area contributed by atoms with Crippen LogP contribution in [-0.2, 0) is 0 Å². The number of carbonyl (C=O) groups excluding carboxylic acids is 1. The van der Waals surface area contributed by atoms with Crippen molar-refractivity contribution in [3.05, 3.63) is 59.4 Å². The third kappa shape index (κ3) is 2.93. The third-order valence-electron chi connectivity index (χ3n) is 2.40. The van der Waals surface area contributed by atoms with E-state index in [2.05, 4.69) is 10.3 Å². The molecule has 0 aliphatic heterocycles. The van der Waals surface area contributed by atoms with Crippen molar-refractivity contribution in [2.45, 2.75) is 0 Å². The zero-order valence-corrected chi connectivity index (χ0v) is 9.79. The summed E-state index contributed by atoms with van der Waals surface area (Å²) in [7, 11) is 0. The predicted octanol–water partition coefficient (Wildman–Crippen LogP) is 2.08. The summed E-state index contributed by atoms with van der Waals surface area (Å²) in [6.45, 7) is 0. The molecule has 0 saturated heterocycles. The molecule has 0 aliphatic carbocycles. The Bertz CT molecular complexity index is 693. The average molecular weight is 248 g/mol. The lowest BCUT2D eigenvalue weighted by Crippen LogP contribution is -2.12. The molecule has 5 nitrogen and oxygen atoms in total. The highest BCUT2D eigenvalue weighted by Crippen LogP contribution is 2.11. The van der Waals surface area contributed by atoms with Crippen LogP contribution < -0.4 is 5.32 Å². The average Bonchev–Trinajstić information content (AvgIpc) is 2.48. The molecule has 1 aromatic carbocycles. The second-order valence-electron chi connectivity index (χ2n) is 3.72. The van der Waals surface area contributed by atoms with Crippen molar-refractivity contribution in [1.29, 1.82) is 10.5 Å². The van der Waals surface area contributed by atoms with Crippen LogP contribution in [0.5, 0.6) is 0 Å². The van der Waals surface area contributed by atoms with E-state index in [1.165, 1.54) is 18.5 Å². The normalized spacial score (nSPS) is 9.16. The molecule has 0 unspecified atom stereocenters. The molecule has 19 heavy (non-hydrogen) atoms. The van der Waals surface area contributed by atoms with Gasteiger partial charge in [-0.05, 0) is 30.3 Å². The van der Waals surface area contributed by atoms with E-state index in [9.17, 15) is 4.79 Å². The molecule has 0 saturated carbocycles. The Hall–Kier alpha value is -3.18. The van der Waals surface area contributed by atoms with Crippen LogP contribution in [0.3, 0.4) is 0 Å². The van der Waals surface area contributed by atoms with Crippen LogP contribution in [0.2, 0.25) is 0 Å². The molecule has 0 atom stereocenters. The number of rotatable bonds is 2. The highest BCUT2D eigenvalue weighted by molar-refractivity contribution is 6.04. The predicted molar refractivity (Wildman–Crippen MR) is 68.1 cm³/mol. The molecule has 2 rings (SSSR count). The van der Waals surface area contributed by atoms with Crippen molar-refractivity contribution in [2.75, 3.05) is 5.32 Å². The topological polar surface area (TPSA) is 89.6 Å². The highest BCUT2D eigenvalue weighted by atomic mass is 16.1. The second kappa shape index (κ2) is 5.44. The summed E-state index contributed by atoms with van der Waals surface area (Å²) in [6.07, 6.45) is 2.78. The van der Waals surface area contributed by atoms with Gasteiger partial charge in [-0.25, -0.2) is 0 Å². The Kier molecular flexibility index (Phi) is 3.51. The number of nitriles is 2. The molecule has 5 heteroatoms. The van der Waals surface area contributed by atoms with Crippen LogP contribution in [0.15, 0.2) is 42.7 Å². The highest BCUT2D eigenvalue weighted by Gasteiger charge is 2.07. The van der Waals surface area contributed by atoms with E-state index in [0.717, 1.165) is 0 Å². The molecular weight excluding hydrogens is 240 g/mol. The van der Waals surface area contributed by atoms with E-state index in [4.69, 9.17) is 10.5 Å². The zero-order valence-electron chi connectivity index (χ0n) is 9.79. The lowest BCUT2D eigenvalue weighted by Gasteiger charge is -2.04. The van der Waals surface area contributed by atoms with Gasteiger partial charge in [0, 0.05) is 18.1 Å². The van der Waals surface area contributed by atoms with Gasteiger partial charge in [-0.15, -0.1) is 0 Å². The number of pyridine rings is 1. The summed E-state index contributed by atoms with van der Waals surface area (Å²) in [5.74, 6) is -0.352. The van der Waals surface area contributed by atoms with E-state index in [1.807, 2.05) is 12.1 Å². The van der Waals surface area contributed by atoms with Crippen molar-refractivity contribution in [1.82, 2.24) is 4.98 Å². The molecule has 1 amide bonds. The molecule has 0 spiro atoms. The lowest BCUT2D eigenvalue weighted by molar-refractivity contribution is 0.102. The summed E-state index contributed by atoms with van der Waals surface area (Å²) in [4.78, 5) is 15.7. The molecule has 0 bridgehead atoms. The molecule has 1 heterocycles. The van der Waals surface area contributed by atoms with Crippen LogP contribution in [0.25, 0.3) is 0 Å². The fraction of sp³-hybridized carbons (Fsp3) is 0. The van der Waals surface area contributed by atoms with Gasteiger partial charge in [0.2, 0.25) is 0 Å². The Labute approximate surface area is 109 Å². The van der Waals surface area contributed by atoms with Gasteiger partial charge in [0.1, 0.15) is 6.07 Å².